The minimum Gasteiger partial charge on any atom is -0.306 e. The molecule has 0 radical (unpaired) electrons. The zero-order valence-corrected chi connectivity index (χ0v) is 7.61. The molecule has 1 atom stereocenters. The molecule has 0 fully saturated rings. The van der Waals surface area contributed by atoms with Crippen molar-refractivity contribution in [2.24, 2.45) is 0 Å². The lowest BCUT2D eigenvalue weighted by molar-refractivity contribution is 0.542. The molecule has 0 spiro atoms. The Morgan fingerprint density at radius 3 is 3.23 bits per heavy atom. The van der Waals surface area contributed by atoms with Gasteiger partial charge < -0.3 is 5.32 Å². The standard InChI is InChI=1S/C11H14N2/c1-2-6-11(13-8-3-1)10-5-4-7-12-9-10/h1,3-5,7,9,11,13H,2,6,8H2. The highest BCUT2D eigenvalue weighted by Gasteiger charge is 2.10. The van der Waals surface area contributed by atoms with Crippen molar-refractivity contribution in [1.29, 1.82) is 0 Å². The van der Waals surface area contributed by atoms with E-state index in [1.807, 2.05) is 18.5 Å². The summed E-state index contributed by atoms with van der Waals surface area (Å²) >= 11 is 0. The van der Waals surface area contributed by atoms with Crippen LogP contribution in [-0.2, 0) is 0 Å². The van der Waals surface area contributed by atoms with Crippen LogP contribution in [0.25, 0.3) is 0 Å². The van der Waals surface area contributed by atoms with Crippen LogP contribution in [0.3, 0.4) is 0 Å². The molecule has 1 aromatic heterocycles. The molecule has 1 N–H and O–H groups in total. The molecular weight excluding hydrogens is 160 g/mol. The molecule has 1 aliphatic heterocycles. The number of hydrogen-bond acceptors (Lipinski definition) is 2. The van der Waals surface area contributed by atoms with Crippen LogP contribution < -0.4 is 5.32 Å². The number of nitrogens with zero attached hydrogens (tertiary/aromatic N) is 1. The molecule has 1 unspecified atom stereocenters. The van der Waals surface area contributed by atoms with Gasteiger partial charge in [-0.3, -0.25) is 4.98 Å². The molecule has 2 rings (SSSR count). The fraction of sp³-hybridized carbons (Fsp3) is 0.364. The lowest BCUT2D eigenvalue weighted by atomic mass is 10.1. The van der Waals surface area contributed by atoms with Gasteiger partial charge in [0.05, 0.1) is 0 Å². The summed E-state index contributed by atoms with van der Waals surface area (Å²) in [5.41, 5.74) is 1.30. The predicted molar refractivity (Wildman–Crippen MR) is 53.4 cm³/mol. The topological polar surface area (TPSA) is 24.9 Å². The number of pyridine rings is 1. The van der Waals surface area contributed by atoms with Gasteiger partial charge in [-0.05, 0) is 24.5 Å². The maximum absolute atomic E-state index is 4.13. The highest BCUT2D eigenvalue weighted by Crippen LogP contribution is 2.18. The molecule has 0 saturated carbocycles. The third-order valence-corrected chi connectivity index (χ3v) is 2.36. The Labute approximate surface area is 78.7 Å². The van der Waals surface area contributed by atoms with E-state index in [0.717, 1.165) is 13.0 Å². The van der Waals surface area contributed by atoms with E-state index in [1.54, 1.807) is 0 Å². The van der Waals surface area contributed by atoms with E-state index in [0.29, 0.717) is 6.04 Å². The van der Waals surface area contributed by atoms with Crippen molar-refractivity contribution in [2.45, 2.75) is 18.9 Å². The van der Waals surface area contributed by atoms with Gasteiger partial charge in [0, 0.05) is 25.0 Å². The van der Waals surface area contributed by atoms with Crippen molar-refractivity contribution in [3.63, 3.8) is 0 Å². The first-order chi connectivity index (χ1) is 6.47. The van der Waals surface area contributed by atoms with E-state index in [1.165, 1.54) is 12.0 Å². The zero-order chi connectivity index (χ0) is 8.93. The molecule has 0 aromatic carbocycles. The van der Waals surface area contributed by atoms with Gasteiger partial charge in [0.25, 0.3) is 0 Å². The Morgan fingerprint density at radius 2 is 2.38 bits per heavy atom. The summed E-state index contributed by atoms with van der Waals surface area (Å²) in [6, 6.07) is 4.61. The Hall–Kier alpha value is -1.15. The van der Waals surface area contributed by atoms with Crippen molar-refractivity contribution >= 4 is 0 Å². The highest BCUT2D eigenvalue weighted by molar-refractivity contribution is 5.15. The maximum atomic E-state index is 4.13. The molecule has 0 aliphatic carbocycles. The third-order valence-electron chi connectivity index (χ3n) is 2.36. The summed E-state index contributed by atoms with van der Waals surface area (Å²) in [5.74, 6) is 0. The predicted octanol–water partition coefficient (Wildman–Crippen LogP) is 2.06. The third kappa shape index (κ3) is 2.16. The average Bonchev–Trinajstić information content (AvgIpc) is 2.47. The molecule has 0 saturated heterocycles. The number of rotatable bonds is 1. The minimum atomic E-state index is 0.476. The summed E-state index contributed by atoms with van der Waals surface area (Å²) in [7, 11) is 0. The van der Waals surface area contributed by atoms with Crippen LogP contribution >= 0.6 is 0 Å². The molecule has 0 amide bonds. The number of aromatic nitrogens is 1. The van der Waals surface area contributed by atoms with Gasteiger partial charge in [-0.2, -0.15) is 0 Å². The van der Waals surface area contributed by atoms with Crippen molar-refractivity contribution in [3.05, 3.63) is 42.2 Å². The van der Waals surface area contributed by atoms with Crippen molar-refractivity contribution in [1.82, 2.24) is 10.3 Å². The summed E-state index contributed by atoms with van der Waals surface area (Å²) in [4.78, 5) is 4.13. The smallest absolute Gasteiger partial charge is 0.0341 e. The average molecular weight is 174 g/mol. The van der Waals surface area contributed by atoms with Gasteiger partial charge in [-0.25, -0.2) is 0 Å². The Morgan fingerprint density at radius 1 is 1.38 bits per heavy atom. The number of allylic oxidation sites excluding steroid dienone is 1. The summed E-state index contributed by atoms with van der Waals surface area (Å²) in [6.45, 7) is 0.972. The largest absolute Gasteiger partial charge is 0.306 e. The van der Waals surface area contributed by atoms with Crippen LogP contribution in [0.2, 0.25) is 0 Å². The summed E-state index contributed by atoms with van der Waals surface area (Å²) in [6.07, 6.45) is 10.5. The maximum Gasteiger partial charge on any atom is 0.0341 e. The van der Waals surface area contributed by atoms with Gasteiger partial charge in [0.15, 0.2) is 0 Å². The monoisotopic (exact) mass is 174 g/mol. The van der Waals surface area contributed by atoms with Crippen molar-refractivity contribution in [3.8, 4) is 0 Å². The zero-order valence-electron chi connectivity index (χ0n) is 7.61. The van der Waals surface area contributed by atoms with E-state index in [-0.39, 0.29) is 0 Å². The molecule has 0 bridgehead atoms. The van der Waals surface area contributed by atoms with Gasteiger partial charge in [0.2, 0.25) is 0 Å². The number of hydrogen-bond donors (Lipinski definition) is 1. The first-order valence-corrected chi connectivity index (χ1v) is 4.75. The molecule has 2 nitrogen and oxygen atoms in total. The molecule has 13 heavy (non-hydrogen) atoms. The van der Waals surface area contributed by atoms with Crippen molar-refractivity contribution in [2.75, 3.05) is 6.54 Å². The molecule has 68 valence electrons. The fourth-order valence-corrected chi connectivity index (χ4v) is 1.64. The van der Waals surface area contributed by atoms with E-state index in [2.05, 4.69) is 28.5 Å². The lowest BCUT2D eigenvalue weighted by Gasteiger charge is -2.15. The van der Waals surface area contributed by atoms with Gasteiger partial charge in [-0.1, -0.05) is 18.2 Å². The number of nitrogens with one attached hydrogen (secondary N) is 1. The van der Waals surface area contributed by atoms with Crippen LogP contribution in [0.1, 0.15) is 24.4 Å². The Kier molecular flexibility index (Phi) is 2.72. The first kappa shape index (κ1) is 8.45. The van der Waals surface area contributed by atoms with Crippen LogP contribution in [0.4, 0.5) is 0 Å². The lowest BCUT2D eigenvalue weighted by Crippen LogP contribution is -2.19. The van der Waals surface area contributed by atoms with Gasteiger partial charge in [0.1, 0.15) is 0 Å². The van der Waals surface area contributed by atoms with Gasteiger partial charge in [-0.15, -0.1) is 0 Å². The highest BCUT2D eigenvalue weighted by atomic mass is 14.9. The van der Waals surface area contributed by atoms with Crippen molar-refractivity contribution < 1.29 is 0 Å². The Bertz CT molecular complexity index is 269. The van der Waals surface area contributed by atoms with Crippen LogP contribution in [0.5, 0.6) is 0 Å². The minimum absolute atomic E-state index is 0.476. The van der Waals surface area contributed by atoms with E-state index < -0.39 is 0 Å². The molecule has 2 heterocycles. The molecule has 2 heteroatoms. The second-order valence-electron chi connectivity index (χ2n) is 3.30. The van der Waals surface area contributed by atoms with Gasteiger partial charge >= 0.3 is 0 Å². The van der Waals surface area contributed by atoms with Crippen LogP contribution in [0.15, 0.2) is 36.7 Å². The molecule has 1 aliphatic rings. The van der Waals surface area contributed by atoms with Crippen LogP contribution in [0, 0.1) is 0 Å². The SMILES string of the molecule is C1=CCNC(c2cccnc2)CC1. The normalized spacial score (nSPS) is 22.6. The van der Waals surface area contributed by atoms with E-state index in [9.17, 15) is 0 Å². The van der Waals surface area contributed by atoms with Crippen LogP contribution in [-0.4, -0.2) is 11.5 Å². The van der Waals surface area contributed by atoms with E-state index >= 15 is 0 Å². The fourth-order valence-electron chi connectivity index (χ4n) is 1.64. The molecular formula is C11H14N2. The second kappa shape index (κ2) is 4.19. The quantitative estimate of drug-likeness (QED) is 0.659. The van der Waals surface area contributed by atoms with E-state index in [4.69, 9.17) is 0 Å². The summed E-state index contributed by atoms with van der Waals surface area (Å²) in [5, 5.41) is 3.47. The first-order valence-electron chi connectivity index (χ1n) is 4.75. The molecule has 1 aromatic rings. The Balaban J connectivity index is 2.09. The second-order valence-corrected chi connectivity index (χ2v) is 3.30. The summed E-state index contributed by atoms with van der Waals surface area (Å²) < 4.78 is 0.